The second kappa shape index (κ2) is 13.8. The average molecular weight is 735 g/mol. The first kappa shape index (κ1) is 34.5. The lowest BCUT2D eigenvalue weighted by Gasteiger charge is -2.41. The van der Waals surface area contributed by atoms with Gasteiger partial charge in [0.25, 0.3) is 0 Å². The zero-order chi connectivity index (χ0) is 36.1. The third-order valence-corrected chi connectivity index (χ3v) is 10.9. The van der Waals surface area contributed by atoms with E-state index in [1.54, 1.807) is 23.2 Å². The second-order valence-electron chi connectivity index (χ2n) is 14.2. The highest BCUT2D eigenvalue weighted by atomic mass is 35.5. The average Bonchev–Trinajstić information content (AvgIpc) is 3.82. The van der Waals surface area contributed by atoms with E-state index in [4.69, 9.17) is 25.8 Å². The van der Waals surface area contributed by atoms with Gasteiger partial charge in [-0.3, -0.25) is 14.7 Å². The second-order valence-corrected chi connectivity index (χ2v) is 14.6. The number of carbonyl (C=O) groups is 1. The van der Waals surface area contributed by atoms with Crippen LogP contribution in [-0.2, 0) is 11.2 Å². The smallest absolute Gasteiger partial charge is 0.319 e. The molecule has 5 aromatic rings. The minimum atomic E-state index is -1.34. The maximum atomic E-state index is 16.8. The van der Waals surface area contributed by atoms with Crippen molar-refractivity contribution in [1.29, 1.82) is 0 Å². The Hall–Kier alpha value is -4.56. The first-order valence-electron chi connectivity index (χ1n) is 17.6. The van der Waals surface area contributed by atoms with E-state index in [1.807, 2.05) is 36.2 Å². The van der Waals surface area contributed by atoms with Gasteiger partial charge in [0.15, 0.2) is 12.0 Å². The fourth-order valence-electron chi connectivity index (χ4n) is 7.97. The molecule has 0 saturated carbocycles. The summed E-state index contributed by atoms with van der Waals surface area (Å²) in [5.41, 5.74) is 0.248. The largest absolute Gasteiger partial charge is 0.461 e. The summed E-state index contributed by atoms with van der Waals surface area (Å²) in [4.78, 5) is 36.6. The fraction of sp³-hybridized carbons (Fsp3) is 0.459. The van der Waals surface area contributed by atoms with Crippen LogP contribution in [0, 0.1) is 11.7 Å². The first-order valence-corrected chi connectivity index (χ1v) is 18.0. The molecule has 3 aliphatic rings. The van der Waals surface area contributed by atoms with Gasteiger partial charge >= 0.3 is 6.01 Å². The molecular formula is C37H38ClF3N8O3. The van der Waals surface area contributed by atoms with Crippen molar-refractivity contribution in [3.05, 3.63) is 65.2 Å². The van der Waals surface area contributed by atoms with E-state index in [2.05, 4.69) is 25.0 Å². The number of pyridine rings is 1. The minimum absolute atomic E-state index is 0.00152. The van der Waals surface area contributed by atoms with Crippen LogP contribution in [0.1, 0.15) is 50.5 Å². The van der Waals surface area contributed by atoms with Crippen LogP contribution in [0.3, 0.4) is 0 Å². The highest BCUT2D eigenvalue weighted by Crippen LogP contribution is 2.41. The predicted octanol–water partition coefficient (Wildman–Crippen LogP) is 6.53. The number of hydrogen-bond acceptors (Lipinski definition) is 10. The summed E-state index contributed by atoms with van der Waals surface area (Å²) in [5, 5.41) is 6.02. The van der Waals surface area contributed by atoms with Crippen LogP contribution in [0.25, 0.3) is 32.9 Å². The molecule has 272 valence electrons. The van der Waals surface area contributed by atoms with Gasteiger partial charge in [-0.05, 0) is 37.8 Å². The van der Waals surface area contributed by atoms with Crippen molar-refractivity contribution in [3.8, 4) is 17.3 Å². The Balaban J connectivity index is 1.05. The van der Waals surface area contributed by atoms with Crippen molar-refractivity contribution in [2.75, 3.05) is 51.3 Å². The topological polar surface area (TPSA) is 114 Å². The molecule has 0 N–H and O–H groups in total. The van der Waals surface area contributed by atoms with Gasteiger partial charge in [-0.2, -0.15) is 15.0 Å². The van der Waals surface area contributed by atoms with Gasteiger partial charge in [0, 0.05) is 80.6 Å². The number of halogens is 4. The Morgan fingerprint density at radius 1 is 1.17 bits per heavy atom. The standard InChI is InChI=1S/C37H38ClF3N8O3/c1-21(39)34-43-28(52-46-34)10-11-29(50)48-17-22(18-48)16-47(2)35-26-15-42-32(25-8-3-6-23-7-4-9-27(38)30(23)25)31(41)33(26)44-36(45-35)51-20-37-12-5-13-49(37)19-24(40)14-37/h3-4,6-9,15,21-22,24H,5,10-14,16-20H2,1-2H3/t21-,24+,37-/m0/s1. The molecule has 3 aromatic heterocycles. The lowest BCUT2D eigenvalue weighted by Crippen LogP contribution is -2.53. The van der Waals surface area contributed by atoms with E-state index in [1.165, 1.54) is 6.92 Å². The number of nitrogens with zero attached hydrogens (tertiary/aromatic N) is 8. The molecule has 3 aliphatic heterocycles. The Bertz CT molecular complexity index is 2140. The molecule has 15 heteroatoms. The number of aromatic nitrogens is 5. The number of rotatable bonds is 11. The number of carbonyl (C=O) groups excluding carboxylic acids is 1. The number of hydrogen-bond donors (Lipinski definition) is 0. The maximum absolute atomic E-state index is 16.8. The molecule has 0 bridgehead atoms. The number of benzene rings is 2. The van der Waals surface area contributed by atoms with Crippen LogP contribution in [0.5, 0.6) is 6.01 Å². The number of aryl methyl sites for hydroxylation is 1. The van der Waals surface area contributed by atoms with Crippen LogP contribution in [-0.4, -0.2) is 98.9 Å². The van der Waals surface area contributed by atoms with Crippen LogP contribution < -0.4 is 9.64 Å². The summed E-state index contributed by atoms with van der Waals surface area (Å²) in [6.07, 6.45) is 1.84. The molecule has 0 spiro atoms. The van der Waals surface area contributed by atoms with Crippen molar-refractivity contribution in [2.45, 2.75) is 56.9 Å². The van der Waals surface area contributed by atoms with E-state index in [-0.39, 0.29) is 60.2 Å². The molecule has 1 amide bonds. The zero-order valence-electron chi connectivity index (χ0n) is 28.9. The molecule has 3 atom stereocenters. The monoisotopic (exact) mass is 734 g/mol. The predicted molar refractivity (Wildman–Crippen MR) is 189 cm³/mol. The molecule has 6 heterocycles. The van der Waals surface area contributed by atoms with Gasteiger partial charge in [-0.25, -0.2) is 13.2 Å². The lowest BCUT2D eigenvalue weighted by atomic mass is 9.95. The van der Waals surface area contributed by atoms with Crippen LogP contribution >= 0.6 is 11.6 Å². The highest BCUT2D eigenvalue weighted by molar-refractivity contribution is 6.36. The summed E-state index contributed by atoms with van der Waals surface area (Å²) in [5.74, 6) is 0.0486. The molecule has 52 heavy (non-hydrogen) atoms. The van der Waals surface area contributed by atoms with Crippen molar-refractivity contribution < 1.29 is 27.2 Å². The first-order chi connectivity index (χ1) is 25.1. The number of ether oxygens (including phenoxy) is 1. The zero-order valence-corrected chi connectivity index (χ0v) is 29.6. The minimum Gasteiger partial charge on any atom is -0.461 e. The number of fused-ring (bicyclic) bond motifs is 3. The quantitative estimate of drug-likeness (QED) is 0.148. The van der Waals surface area contributed by atoms with E-state index >= 15 is 4.39 Å². The summed E-state index contributed by atoms with van der Waals surface area (Å²) in [6.45, 7) is 4.26. The summed E-state index contributed by atoms with van der Waals surface area (Å²) in [6, 6.07) is 11.0. The SMILES string of the molecule is C[C@H](F)c1noc(CCC(=O)N2CC(CN(C)c3nc(OC[C@@]45CCCN4C[C@H](F)C5)nc4c(F)c(-c5cccc6cccc(Cl)c56)ncc34)C2)n1. The lowest BCUT2D eigenvalue weighted by molar-refractivity contribution is -0.137. The Kier molecular flexibility index (Phi) is 9.14. The van der Waals surface area contributed by atoms with Gasteiger partial charge in [0.1, 0.15) is 29.8 Å². The van der Waals surface area contributed by atoms with E-state index in [9.17, 15) is 13.6 Å². The van der Waals surface area contributed by atoms with Crippen LogP contribution in [0.4, 0.5) is 19.0 Å². The van der Waals surface area contributed by atoms with Gasteiger partial charge in [-0.15, -0.1) is 0 Å². The number of likely N-dealkylation sites (tertiary alicyclic amines) is 1. The Labute approximate surface area is 303 Å². The molecule has 0 unspecified atom stereocenters. The van der Waals surface area contributed by atoms with E-state index < -0.39 is 23.7 Å². The van der Waals surface area contributed by atoms with Gasteiger partial charge in [0.05, 0.1) is 10.9 Å². The molecule has 3 fully saturated rings. The van der Waals surface area contributed by atoms with Crippen molar-refractivity contribution in [1.82, 2.24) is 34.9 Å². The van der Waals surface area contributed by atoms with Crippen molar-refractivity contribution in [2.24, 2.45) is 5.92 Å². The van der Waals surface area contributed by atoms with Gasteiger partial charge in [-0.1, -0.05) is 47.1 Å². The fourth-order valence-corrected chi connectivity index (χ4v) is 8.25. The Morgan fingerprint density at radius 3 is 2.77 bits per heavy atom. The van der Waals surface area contributed by atoms with Crippen molar-refractivity contribution in [3.63, 3.8) is 0 Å². The van der Waals surface area contributed by atoms with E-state index in [0.29, 0.717) is 59.8 Å². The summed E-state index contributed by atoms with van der Waals surface area (Å²) < 4.78 is 56.0. The van der Waals surface area contributed by atoms with Crippen LogP contribution in [0.15, 0.2) is 47.1 Å². The number of alkyl halides is 2. The summed E-state index contributed by atoms with van der Waals surface area (Å²) in [7, 11) is 1.85. The molecule has 3 saturated heterocycles. The molecule has 8 rings (SSSR count). The molecule has 0 radical (unpaired) electrons. The van der Waals surface area contributed by atoms with Gasteiger partial charge < -0.3 is 19.1 Å². The van der Waals surface area contributed by atoms with Gasteiger partial charge in [0.2, 0.25) is 17.6 Å². The van der Waals surface area contributed by atoms with Crippen LogP contribution in [0.2, 0.25) is 5.02 Å². The summed E-state index contributed by atoms with van der Waals surface area (Å²) >= 11 is 6.61. The molecule has 2 aromatic carbocycles. The molecule has 0 aliphatic carbocycles. The maximum Gasteiger partial charge on any atom is 0.319 e. The normalized spacial score (nSPS) is 21.1. The van der Waals surface area contributed by atoms with E-state index in [0.717, 1.165) is 24.8 Å². The Morgan fingerprint density at radius 2 is 1.98 bits per heavy atom. The molecule has 11 nitrogen and oxygen atoms in total. The third-order valence-electron chi connectivity index (χ3n) is 10.6. The molecular weight excluding hydrogens is 697 g/mol. The number of anilines is 1. The third kappa shape index (κ3) is 6.40. The highest BCUT2D eigenvalue weighted by Gasteiger charge is 2.49. The van der Waals surface area contributed by atoms with Crippen molar-refractivity contribution >= 4 is 45.0 Å². The number of amides is 1.